The second kappa shape index (κ2) is 13.6. The average molecular weight is 447 g/mol. The predicted molar refractivity (Wildman–Crippen MR) is 127 cm³/mol. The summed E-state index contributed by atoms with van der Waals surface area (Å²) in [6.07, 6.45) is 2.76. The fourth-order valence-electron chi connectivity index (χ4n) is 3.32. The van der Waals surface area contributed by atoms with Gasteiger partial charge in [-0.05, 0) is 37.0 Å². The van der Waals surface area contributed by atoms with Crippen molar-refractivity contribution in [3.05, 3.63) is 29.8 Å². The monoisotopic (exact) mass is 446 g/mol. The Morgan fingerprint density at radius 3 is 2.44 bits per heavy atom. The van der Waals surface area contributed by atoms with Crippen LogP contribution < -0.4 is 20.7 Å². The van der Waals surface area contributed by atoms with E-state index in [9.17, 15) is 9.59 Å². The molecule has 0 spiro atoms. The summed E-state index contributed by atoms with van der Waals surface area (Å²) >= 11 is 0. The van der Waals surface area contributed by atoms with Crippen LogP contribution in [-0.4, -0.2) is 87.5 Å². The standard InChI is InChI=1S/C23H38N6O3/c1-5-12-24-21(30)17-29-13-10-19(11-14-29)27-23(26-16-22(31)28(2)3)25-15-18-6-8-20(32-4)9-7-18/h6-9,19H,5,10-17H2,1-4H3,(H,24,30)(H2,25,26,27). The van der Waals surface area contributed by atoms with Gasteiger partial charge in [-0.2, -0.15) is 0 Å². The van der Waals surface area contributed by atoms with Crippen molar-refractivity contribution in [3.8, 4) is 5.75 Å². The zero-order valence-electron chi connectivity index (χ0n) is 19.8. The van der Waals surface area contributed by atoms with Gasteiger partial charge in [0.15, 0.2) is 5.96 Å². The number of ether oxygens (including phenoxy) is 1. The molecule has 1 aliphatic heterocycles. The van der Waals surface area contributed by atoms with Gasteiger partial charge in [-0.3, -0.25) is 14.5 Å². The van der Waals surface area contributed by atoms with E-state index in [-0.39, 0.29) is 24.4 Å². The van der Waals surface area contributed by atoms with Gasteiger partial charge in [-0.15, -0.1) is 0 Å². The minimum atomic E-state index is -0.0168. The van der Waals surface area contributed by atoms with Crippen molar-refractivity contribution in [2.75, 3.05) is 53.9 Å². The molecular formula is C23H38N6O3. The summed E-state index contributed by atoms with van der Waals surface area (Å²) in [5.41, 5.74) is 1.05. The molecule has 1 saturated heterocycles. The average Bonchev–Trinajstić information content (AvgIpc) is 2.80. The molecule has 178 valence electrons. The van der Waals surface area contributed by atoms with Crippen LogP contribution in [-0.2, 0) is 16.1 Å². The summed E-state index contributed by atoms with van der Waals surface area (Å²) in [7, 11) is 5.11. The summed E-state index contributed by atoms with van der Waals surface area (Å²) in [5, 5.41) is 9.55. The zero-order chi connectivity index (χ0) is 23.3. The quantitative estimate of drug-likeness (QED) is 0.363. The number of hydrogen-bond donors (Lipinski definition) is 3. The van der Waals surface area contributed by atoms with Gasteiger partial charge in [0.1, 0.15) is 5.75 Å². The maximum atomic E-state index is 12.0. The van der Waals surface area contributed by atoms with Gasteiger partial charge in [0.25, 0.3) is 0 Å². The number of rotatable bonds is 10. The molecule has 3 N–H and O–H groups in total. The molecule has 0 atom stereocenters. The Morgan fingerprint density at radius 2 is 1.84 bits per heavy atom. The summed E-state index contributed by atoms with van der Waals surface area (Å²) in [5.74, 6) is 1.50. The van der Waals surface area contributed by atoms with Crippen molar-refractivity contribution in [3.63, 3.8) is 0 Å². The van der Waals surface area contributed by atoms with Crippen LogP contribution >= 0.6 is 0 Å². The van der Waals surface area contributed by atoms with Crippen molar-refractivity contribution >= 4 is 17.8 Å². The van der Waals surface area contributed by atoms with Crippen LogP contribution in [0.2, 0.25) is 0 Å². The van der Waals surface area contributed by atoms with E-state index in [4.69, 9.17) is 4.74 Å². The molecular weight excluding hydrogens is 408 g/mol. The summed E-state index contributed by atoms with van der Waals surface area (Å²) < 4.78 is 5.20. The molecule has 32 heavy (non-hydrogen) atoms. The largest absolute Gasteiger partial charge is 0.497 e. The molecule has 2 rings (SSSR count). The SMILES string of the molecule is CCCNC(=O)CN1CCC(NC(=NCc2ccc(OC)cc2)NCC(=O)N(C)C)CC1. The Kier molecular flexibility index (Phi) is 10.8. The number of carbonyl (C=O) groups excluding carboxylic acids is 2. The lowest BCUT2D eigenvalue weighted by atomic mass is 10.1. The fraction of sp³-hybridized carbons (Fsp3) is 0.609. The molecule has 0 aliphatic carbocycles. The third-order valence-corrected chi connectivity index (χ3v) is 5.35. The minimum absolute atomic E-state index is 0.0168. The third-order valence-electron chi connectivity index (χ3n) is 5.35. The minimum Gasteiger partial charge on any atom is -0.497 e. The Morgan fingerprint density at radius 1 is 1.16 bits per heavy atom. The number of guanidine groups is 1. The van der Waals surface area contributed by atoms with Crippen LogP contribution in [0.3, 0.4) is 0 Å². The molecule has 2 amide bonds. The zero-order valence-corrected chi connectivity index (χ0v) is 19.8. The Bertz CT molecular complexity index is 743. The highest BCUT2D eigenvalue weighted by Crippen LogP contribution is 2.12. The normalized spacial score (nSPS) is 15.2. The lowest BCUT2D eigenvalue weighted by Gasteiger charge is -2.32. The third kappa shape index (κ3) is 9.13. The second-order valence-corrected chi connectivity index (χ2v) is 8.20. The number of hydrogen-bond acceptors (Lipinski definition) is 5. The van der Waals surface area contributed by atoms with Gasteiger partial charge in [-0.25, -0.2) is 4.99 Å². The van der Waals surface area contributed by atoms with Crippen molar-refractivity contribution in [2.24, 2.45) is 4.99 Å². The van der Waals surface area contributed by atoms with Gasteiger partial charge < -0.3 is 25.6 Å². The van der Waals surface area contributed by atoms with Crippen molar-refractivity contribution in [1.82, 2.24) is 25.8 Å². The highest BCUT2D eigenvalue weighted by atomic mass is 16.5. The summed E-state index contributed by atoms with van der Waals surface area (Å²) in [6, 6.07) is 8.02. The number of methoxy groups -OCH3 is 1. The molecule has 0 unspecified atom stereocenters. The number of benzene rings is 1. The van der Waals surface area contributed by atoms with Gasteiger partial charge in [0.2, 0.25) is 11.8 Å². The van der Waals surface area contributed by atoms with E-state index in [0.717, 1.165) is 50.2 Å². The van der Waals surface area contributed by atoms with E-state index in [1.165, 1.54) is 0 Å². The van der Waals surface area contributed by atoms with E-state index < -0.39 is 0 Å². The molecule has 1 aromatic rings. The molecule has 1 fully saturated rings. The maximum Gasteiger partial charge on any atom is 0.241 e. The highest BCUT2D eigenvalue weighted by molar-refractivity contribution is 5.86. The first kappa shape index (κ1) is 25.5. The Balaban J connectivity index is 1.91. The molecule has 0 bridgehead atoms. The number of nitrogens with zero attached hydrogens (tertiary/aromatic N) is 3. The second-order valence-electron chi connectivity index (χ2n) is 8.20. The van der Waals surface area contributed by atoms with E-state index >= 15 is 0 Å². The molecule has 0 aromatic heterocycles. The smallest absolute Gasteiger partial charge is 0.241 e. The van der Waals surface area contributed by atoms with Crippen LogP contribution in [0, 0.1) is 0 Å². The topological polar surface area (TPSA) is 98.3 Å². The maximum absolute atomic E-state index is 12.0. The summed E-state index contributed by atoms with van der Waals surface area (Å²) in [6.45, 7) is 5.58. The molecule has 1 aliphatic rings. The number of piperidine rings is 1. The molecule has 1 heterocycles. The molecule has 0 radical (unpaired) electrons. The lowest BCUT2D eigenvalue weighted by Crippen LogP contribution is -2.51. The van der Waals surface area contributed by atoms with E-state index in [1.54, 1.807) is 26.1 Å². The first-order valence-corrected chi connectivity index (χ1v) is 11.3. The van der Waals surface area contributed by atoms with Crippen LogP contribution in [0.25, 0.3) is 0 Å². The van der Waals surface area contributed by atoms with Gasteiger partial charge in [-0.1, -0.05) is 19.1 Å². The van der Waals surface area contributed by atoms with Crippen LogP contribution in [0.15, 0.2) is 29.3 Å². The molecule has 9 nitrogen and oxygen atoms in total. The van der Waals surface area contributed by atoms with Crippen LogP contribution in [0.4, 0.5) is 0 Å². The van der Waals surface area contributed by atoms with Crippen molar-refractivity contribution in [1.29, 1.82) is 0 Å². The fourth-order valence-corrected chi connectivity index (χ4v) is 3.32. The molecule has 9 heteroatoms. The summed E-state index contributed by atoms with van der Waals surface area (Å²) in [4.78, 5) is 32.4. The van der Waals surface area contributed by atoms with Crippen LogP contribution in [0.1, 0.15) is 31.7 Å². The highest BCUT2D eigenvalue weighted by Gasteiger charge is 2.21. The van der Waals surface area contributed by atoms with Gasteiger partial charge in [0, 0.05) is 39.8 Å². The van der Waals surface area contributed by atoms with E-state index in [2.05, 4.69) is 25.8 Å². The first-order chi connectivity index (χ1) is 15.4. The predicted octanol–water partition coefficient (Wildman–Crippen LogP) is 0.809. The van der Waals surface area contributed by atoms with E-state index in [0.29, 0.717) is 19.0 Å². The van der Waals surface area contributed by atoms with Gasteiger partial charge in [0.05, 0.1) is 26.7 Å². The molecule has 1 aromatic carbocycles. The number of likely N-dealkylation sites (tertiary alicyclic amines) is 1. The number of carbonyl (C=O) groups is 2. The number of nitrogens with one attached hydrogen (secondary N) is 3. The van der Waals surface area contributed by atoms with Gasteiger partial charge >= 0.3 is 0 Å². The Hall–Kier alpha value is -2.81. The molecule has 0 saturated carbocycles. The van der Waals surface area contributed by atoms with Crippen molar-refractivity contribution in [2.45, 2.75) is 38.8 Å². The number of amides is 2. The Labute approximate surface area is 191 Å². The number of likely N-dealkylation sites (N-methyl/N-ethyl adjacent to an activating group) is 1. The van der Waals surface area contributed by atoms with Crippen molar-refractivity contribution < 1.29 is 14.3 Å². The lowest BCUT2D eigenvalue weighted by molar-refractivity contribution is -0.127. The van der Waals surface area contributed by atoms with E-state index in [1.807, 2.05) is 31.2 Å². The number of aliphatic imine (C=N–C) groups is 1. The van der Waals surface area contributed by atoms with Crippen LogP contribution in [0.5, 0.6) is 5.75 Å². The first-order valence-electron chi connectivity index (χ1n) is 11.3.